The van der Waals surface area contributed by atoms with Crippen molar-refractivity contribution in [2.24, 2.45) is 0 Å². The van der Waals surface area contributed by atoms with Gasteiger partial charge in [0.2, 0.25) is 5.91 Å². The Balaban J connectivity index is 1.50. The van der Waals surface area contributed by atoms with Crippen molar-refractivity contribution in [3.63, 3.8) is 0 Å². The van der Waals surface area contributed by atoms with Crippen molar-refractivity contribution in [2.45, 2.75) is 84.1 Å². The fraction of sp³-hybridized carbons (Fsp3) is 0.438. The molecule has 3 amide bonds. The Bertz CT molecular complexity index is 1210. The zero-order valence-electron chi connectivity index (χ0n) is 23.2. The van der Waals surface area contributed by atoms with Crippen LogP contribution >= 0.6 is 11.6 Å². The Hall–Kier alpha value is -3.25. The van der Waals surface area contributed by atoms with Crippen LogP contribution in [-0.2, 0) is 24.4 Å². The SMILES string of the molecule is CCC(C)N(CC(=O)N(Cc1cccn1Cc1ccccc1Cl)C1CCCCC1)C(=O)NCc1ccccc1. The van der Waals surface area contributed by atoms with Gasteiger partial charge in [-0.2, -0.15) is 0 Å². The molecular formula is C32H41ClN4O2. The number of nitrogens with zero attached hydrogens (tertiary/aromatic N) is 3. The van der Waals surface area contributed by atoms with Crippen LogP contribution in [0.4, 0.5) is 4.79 Å². The Morgan fingerprint density at radius 3 is 2.44 bits per heavy atom. The predicted octanol–water partition coefficient (Wildman–Crippen LogP) is 6.86. The Labute approximate surface area is 237 Å². The number of rotatable bonds is 11. The quantitative estimate of drug-likeness (QED) is 0.284. The van der Waals surface area contributed by atoms with Gasteiger partial charge >= 0.3 is 6.03 Å². The van der Waals surface area contributed by atoms with E-state index in [1.807, 2.05) is 85.6 Å². The number of carbonyl (C=O) groups excluding carboxylic acids is 2. The van der Waals surface area contributed by atoms with E-state index in [9.17, 15) is 9.59 Å². The van der Waals surface area contributed by atoms with Crippen LogP contribution in [0.2, 0.25) is 5.02 Å². The lowest BCUT2D eigenvalue weighted by molar-refractivity contribution is -0.136. The maximum absolute atomic E-state index is 14.0. The fourth-order valence-corrected chi connectivity index (χ4v) is 5.50. The number of nitrogens with one attached hydrogen (secondary N) is 1. The molecule has 1 aromatic heterocycles. The van der Waals surface area contributed by atoms with E-state index in [1.54, 1.807) is 4.90 Å². The van der Waals surface area contributed by atoms with E-state index in [-0.39, 0.29) is 30.6 Å². The number of amides is 3. The molecule has 0 spiro atoms. The van der Waals surface area contributed by atoms with Crippen molar-refractivity contribution in [3.8, 4) is 0 Å². The summed E-state index contributed by atoms with van der Waals surface area (Å²) in [5.41, 5.74) is 3.15. The highest BCUT2D eigenvalue weighted by Crippen LogP contribution is 2.26. The molecule has 39 heavy (non-hydrogen) atoms. The van der Waals surface area contributed by atoms with Crippen LogP contribution in [0.15, 0.2) is 72.9 Å². The number of hydrogen-bond donors (Lipinski definition) is 1. The van der Waals surface area contributed by atoms with Crippen LogP contribution in [0.1, 0.15) is 69.2 Å². The van der Waals surface area contributed by atoms with E-state index < -0.39 is 0 Å². The van der Waals surface area contributed by atoms with Gasteiger partial charge in [0.1, 0.15) is 6.54 Å². The lowest BCUT2D eigenvalue weighted by atomic mass is 9.94. The molecule has 1 saturated carbocycles. The third-order valence-electron chi connectivity index (χ3n) is 7.87. The number of hydrogen-bond acceptors (Lipinski definition) is 2. The first-order valence-electron chi connectivity index (χ1n) is 14.2. The van der Waals surface area contributed by atoms with Gasteiger partial charge in [0.05, 0.1) is 6.54 Å². The van der Waals surface area contributed by atoms with Gasteiger partial charge in [-0.25, -0.2) is 4.79 Å². The van der Waals surface area contributed by atoms with Crippen LogP contribution in [0.5, 0.6) is 0 Å². The molecule has 1 heterocycles. The predicted molar refractivity (Wildman–Crippen MR) is 158 cm³/mol. The number of carbonyl (C=O) groups is 2. The van der Waals surface area contributed by atoms with Crippen molar-refractivity contribution in [3.05, 3.63) is 94.8 Å². The standard InChI is InChI=1S/C32H41ClN4O2/c1-3-25(2)36(32(39)34-21-26-13-6-4-7-14-26)24-31(38)37(28-16-8-5-9-17-28)23-29-18-12-20-35(29)22-27-15-10-11-19-30(27)33/h4,6-7,10-15,18-20,25,28H,3,5,8-9,16-17,21-24H2,1-2H3,(H,34,39). The molecule has 0 aliphatic heterocycles. The lowest BCUT2D eigenvalue weighted by Crippen LogP contribution is -2.52. The zero-order chi connectivity index (χ0) is 27.6. The van der Waals surface area contributed by atoms with E-state index >= 15 is 0 Å². The minimum atomic E-state index is -0.202. The monoisotopic (exact) mass is 548 g/mol. The maximum Gasteiger partial charge on any atom is 0.318 e. The second kappa shape index (κ2) is 14.2. The van der Waals surface area contributed by atoms with Gasteiger partial charge in [-0.3, -0.25) is 4.79 Å². The molecule has 3 aromatic rings. The third-order valence-corrected chi connectivity index (χ3v) is 8.23. The highest BCUT2D eigenvalue weighted by Gasteiger charge is 2.30. The number of aromatic nitrogens is 1. The van der Waals surface area contributed by atoms with Gasteiger partial charge in [-0.1, -0.05) is 86.3 Å². The summed E-state index contributed by atoms with van der Waals surface area (Å²) in [6.07, 6.45) is 8.29. The van der Waals surface area contributed by atoms with Crippen molar-refractivity contribution < 1.29 is 9.59 Å². The fourth-order valence-electron chi connectivity index (χ4n) is 5.31. The molecular weight excluding hydrogens is 508 g/mol. The molecule has 6 nitrogen and oxygen atoms in total. The summed E-state index contributed by atoms with van der Waals surface area (Å²) >= 11 is 6.45. The highest BCUT2D eigenvalue weighted by molar-refractivity contribution is 6.31. The molecule has 1 aliphatic carbocycles. The first kappa shape index (κ1) is 28.8. The number of benzene rings is 2. The maximum atomic E-state index is 14.0. The summed E-state index contributed by atoms with van der Waals surface area (Å²) in [6.45, 7) is 5.72. The Morgan fingerprint density at radius 2 is 1.72 bits per heavy atom. The zero-order valence-corrected chi connectivity index (χ0v) is 23.9. The molecule has 7 heteroatoms. The molecule has 1 N–H and O–H groups in total. The second-order valence-electron chi connectivity index (χ2n) is 10.6. The molecule has 1 aliphatic rings. The summed E-state index contributed by atoms with van der Waals surface area (Å²) in [5, 5.41) is 3.76. The second-order valence-corrected chi connectivity index (χ2v) is 11.0. The van der Waals surface area contributed by atoms with E-state index in [4.69, 9.17) is 11.6 Å². The molecule has 1 unspecified atom stereocenters. The van der Waals surface area contributed by atoms with Gasteiger partial charge < -0.3 is 19.7 Å². The molecule has 0 saturated heterocycles. The minimum absolute atomic E-state index is 0.00237. The summed E-state index contributed by atoms with van der Waals surface area (Å²) in [6, 6.07) is 21.8. The summed E-state index contributed by atoms with van der Waals surface area (Å²) in [7, 11) is 0. The van der Waals surface area contributed by atoms with Crippen molar-refractivity contribution in [1.82, 2.24) is 19.7 Å². The number of urea groups is 1. The van der Waals surface area contributed by atoms with Crippen molar-refractivity contribution >= 4 is 23.5 Å². The summed E-state index contributed by atoms with van der Waals surface area (Å²) in [5.74, 6) is 0.00237. The summed E-state index contributed by atoms with van der Waals surface area (Å²) < 4.78 is 2.17. The smallest absolute Gasteiger partial charge is 0.318 e. The van der Waals surface area contributed by atoms with E-state index in [1.165, 1.54) is 6.42 Å². The highest BCUT2D eigenvalue weighted by atomic mass is 35.5. The lowest BCUT2D eigenvalue weighted by Gasteiger charge is -2.37. The third kappa shape index (κ3) is 7.89. The molecule has 1 atom stereocenters. The van der Waals surface area contributed by atoms with Crippen molar-refractivity contribution in [1.29, 1.82) is 0 Å². The first-order chi connectivity index (χ1) is 19.0. The van der Waals surface area contributed by atoms with Gasteiger partial charge in [-0.15, -0.1) is 0 Å². The van der Waals surface area contributed by atoms with E-state index in [0.717, 1.165) is 53.9 Å². The largest absolute Gasteiger partial charge is 0.345 e. The van der Waals surface area contributed by atoms with Crippen LogP contribution < -0.4 is 5.32 Å². The minimum Gasteiger partial charge on any atom is -0.345 e. The van der Waals surface area contributed by atoms with Gasteiger partial charge in [0, 0.05) is 42.1 Å². The van der Waals surface area contributed by atoms with Crippen molar-refractivity contribution in [2.75, 3.05) is 6.54 Å². The Morgan fingerprint density at radius 1 is 1.00 bits per heavy atom. The molecule has 1 fully saturated rings. The van der Waals surface area contributed by atoms with E-state index in [2.05, 4.69) is 16.0 Å². The van der Waals surface area contributed by atoms with Gasteiger partial charge in [0.25, 0.3) is 0 Å². The molecule has 2 aromatic carbocycles. The topological polar surface area (TPSA) is 57.6 Å². The number of halogens is 1. The van der Waals surface area contributed by atoms with Crippen LogP contribution in [0, 0.1) is 0 Å². The van der Waals surface area contributed by atoms with Crippen LogP contribution in [-0.4, -0.2) is 44.9 Å². The molecule has 0 bridgehead atoms. The average Bonchev–Trinajstić information content (AvgIpc) is 3.41. The molecule has 208 valence electrons. The van der Waals surface area contributed by atoms with Gasteiger partial charge in [0.15, 0.2) is 0 Å². The first-order valence-corrected chi connectivity index (χ1v) is 14.6. The van der Waals surface area contributed by atoms with Crippen LogP contribution in [0.25, 0.3) is 0 Å². The van der Waals surface area contributed by atoms with E-state index in [0.29, 0.717) is 19.6 Å². The Kier molecular flexibility index (Phi) is 10.5. The normalized spacial score (nSPS) is 14.5. The van der Waals surface area contributed by atoms with Crippen LogP contribution in [0.3, 0.4) is 0 Å². The average molecular weight is 549 g/mol. The summed E-state index contributed by atoms with van der Waals surface area (Å²) in [4.78, 5) is 31.0. The molecule has 4 rings (SSSR count). The van der Waals surface area contributed by atoms with Gasteiger partial charge in [-0.05, 0) is 55.5 Å². The molecule has 0 radical (unpaired) electrons.